The van der Waals surface area contributed by atoms with Crippen LogP contribution < -0.4 is 10.6 Å². The summed E-state index contributed by atoms with van der Waals surface area (Å²) in [6.45, 7) is 3.86. The Morgan fingerprint density at radius 1 is 0.579 bits per heavy atom. The molecule has 2 atom stereocenters. The normalized spacial score (nSPS) is 15.8. The lowest BCUT2D eigenvalue weighted by Gasteiger charge is -2.22. The zero-order chi connectivity index (χ0) is 27.4. The summed E-state index contributed by atoms with van der Waals surface area (Å²) in [6.07, 6.45) is 2.98. The van der Waals surface area contributed by atoms with Gasteiger partial charge in [-0.2, -0.15) is 0 Å². The number of hydrogen-bond donors (Lipinski definition) is 2. The van der Waals surface area contributed by atoms with E-state index < -0.39 is 47.5 Å². The average Bonchev–Trinajstić information content (AvgIpc) is 3.33. The van der Waals surface area contributed by atoms with E-state index in [1.54, 1.807) is 48.5 Å². The van der Waals surface area contributed by atoms with E-state index in [-0.39, 0.29) is 0 Å². The summed E-state index contributed by atoms with van der Waals surface area (Å²) in [5, 5.41) is 5.55. The van der Waals surface area contributed by atoms with E-state index >= 15 is 0 Å². The van der Waals surface area contributed by atoms with Crippen molar-refractivity contribution in [1.29, 1.82) is 0 Å². The molecule has 0 aliphatic carbocycles. The maximum absolute atomic E-state index is 12.5. The molecular weight excluding hydrogens is 488 g/mol. The molecular formula is C28H30N4O6. The summed E-state index contributed by atoms with van der Waals surface area (Å²) >= 11 is 0. The van der Waals surface area contributed by atoms with E-state index in [0.29, 0.717) is 48.2 Å². The Morgan fingerprint density at radius 3 is 1.16 bits per heavy atom. The van der Waals surface area contributed by atoms with Crippen LogP contribution >= 0.6 is 0 Å². The summed E-state index contributed by atoms with van der Waals surface area (Å²) in [5.74, 6) is -2.65. The highest BCUT2D eigenvalue weighted by Crippen LogP contribution is 2.25. The molecule has 2 aromatic rings. The molecule has 38 heavy (non-hydrogen) atoms. The van der Waals surface area contributed by atoms with Crippen molar-refractivity contribution >= 4 is 35.4 Å². The van der Waals surface area contributed by atoms with Gasteiger partial charge in [-0.25, -0.2) is 0 Å². The van der Waals surface area contributed by atoms with Gasteiger partial charge in [-0.3, -0.25) is 38.6 Å². The highest BCUT2D eigenvalue weighted by atomic mass is 16.2. The van der Waals surface area contributed by atoms with Gasteiger partial charge >= 0.3 is 0 Å². The number of nitrogens with one attached hydrogen (secondary N) is 2. The number of rotatable bonds is 11. The van der Waals surface area contributed by atoms with Crippen LogP contribution in [0.25, 0.3) is 0 Å². The molecule has 0 radical (unpaired) electrons. The van der Waals surface area contributed by atoms with Crippen molar-refractivity contribution in [2.45, 2.75) is 51.6 Å². The van der Waals surface area contributed by atoms with E-state index in [0.717, 1.165) is 22.6 Å². The van der Waals surface area contributed by atoms with Crippen LogP contribution in [0.15, 0.2) is 48.5 Å². The third-order valence-electron chi connectivity index (χ3n) is 6.89. The molecule has 2 N–H and O–H groups in total. The Kier molecular flexibility index (Phi) is 7.99. The van der Waals surface area contributed by atoms with E-state index in [9.17, 15) is 28.8 Å². The van der Waals surface area contributed by atoms with Gasteiger partial charge in [0.15, 0.2) is 0 Å². The number of unbranched alkanes of at least 4 members (excludes halogenated alkanes) is 3. The topological polar surface area (TPSA) is 133 Å². The number of nitrogens with zero attached hydrogens (tertiary/aromatic N) is 2. The van der Waals surface area contributed by atoms with Crippen LogP contribution in [0, 0.1) is 0 Å². The first-order valence-corrected chi connectivity index (χ1v) is 12.7. The van der Waals surface area contributed by atoms with Crippen LogP contribution in [0.4, 0.5) is 0 Å². The number of amides is 6. The fourth-order valence-corrected chi connectivity index (χ4v) is 4.68. The fraction of sp³-hybridized carbons (Fsp3) is 0.357. The van der Waals surface area contributed by atoms with Gasteiger partial charge < -0.3 is 10.6 Å². The lowest BCUT2D eigenvalue weighted by Crippen LogP contribution is -2.48. The molecule has 0 saturated heterocycles. The van der Waals surface area contributed by atoms with E-state index in [2.05, 4.69) is 10.6 Å². The predicted molar refractivity (Wildman–Crippen MR) is 137 cm³/mol. The van der Waals surface area contributed by atoms with E-state index in [4.69, 9.17) is 0 Å². The zero-order valence-electron chi connectivity index (χ0n) is 21.4. The lowest BCUT2D eigenvalue weighted by atomic mass is 10.1. The Bertz CT molecular complexity index is 1140. The van der Waals surface area contributed by atoms with Gasteiger partial charge in [0.1, 0.15) is 12.1 Å². The second kappa shape index (κ2) is 11.4. The molecule has 2 aliphatic rings. The molecule has 4 rings (SSSR count). The number of benzene rings is 2. The second-order valence-electron chi connectivity index (χ2n) is 9.40. The number of hydrogen-bond acceptors (Lipinski definition) is 6. The molecule has 0 saturated carbocycles. The minimum Gasteiger partial charge on any atom is -0.354 e. The minimum absolute atomic E-state index is 0.308. The zero-order valence-corrected chi connectivity index (χ0v) is 21.4. The first-order valence-electron chi connectivity index (χ1n) is 12.7. The van der Waals surface area contributed by atoms with E-state index in [1.165, 1.54) is 13.8 Å². The van der Waals surface area contributed by atoms with Gasteiger partial charge in [0, 0.05) is 13.1 Å². The van der Waals surface area contributed by atoms with Crippen molar-refractivity contribution in [1.82, 2.24) is 20.4 Å². The fourth-order valence-electron chi connectivity index (χ4n) is 4.68. The van der Waals surface area contributed by atoms with Crippen molar-refractivity contribution in [3.8, 4) is 0 Å². The molecule has 0 bridgehead atoms. The van der Waals surface area contributed by atoms with Crippen LogP contribution in [0.1, 0.15) is 81.0 Å². The largest absolute Gasteiger partial charge is 0.354 e. The van der Waals surface area contributed by atoms with Crippen LogP contribution in [0.2, 0.25) is 0 Å². The maximum atomic E-state index is 12.5. The number of fused-ring (bicyclic) bond motifs is 2. The summed E-state index contributed by atoms with van der Waals surface area (Å²) in [6, 6.07) is 11.2. The SMILES string of the molecule is C[C@@H](C(=O)NCCCCCCNC(=O)[C@H](C)N1C(=O)c2ccccc2C1=O)N1C(=O)c2ccccc2C1=O. The van der Waals surface area contributed by atoms with Crippen LogP contribution in [0.5, 0.6) is 0 Å². The summed E-state index contributed by atoms with van der Waals surface area (Å²) in [4.78, 5) is 77.2. The monoisotopic (exact) mass is 518 g/mol. The summed E-state index contributed by atoms with van der Waals surface area (Å²) < 4.78 is 0. The third-order valence-corrected chi connectivity index (χ3v) is 6.89. The minimum atomic E-state index is -0.915. The molecule has 0 spiro atoms. The van der Waals surface area contributed by atoms with Gasteiger partial charge in [-0.1, -0.05) is 37.1 Å². The molecule has 2 heterocycles. The Hall–Kier alpha value is -4.34. The molecule has 0 unspecified atom stereocenters. The van der Waals surface area contributed by atoms with Crippen LogP contribution in [0.3, 0.4) is 0 Å². The van der Waals surface area contributed by atoms with Gasteiger partial charge in [-0.15, -0.1) is 0 Å². The first-order chi connectivity index (χ1) is 18.2. The molecule has 0 fully saturated rings. The Balaban J connectivity index is 1.11. The van der Waals surface area contributed by atoms with Crippen molar-refractivity contribution in [2.75, 3.05) is 13.1 Å². The van der Waals surface area contributed by atoms with Crippen LogP contribution in [-0.2, 0) is 9.59 Å². The highest BCUT2D eigenvalue weighted by molar-refractivity contribution is 6.23. The van der Waals surface area contributed by atoms with Crippen molar-refractivity contribution in [2.24, 2.45) is 0 Å². The summed E-state index contributed by atoms with van der Waals surface area (Å²) in [7, 11) is 0. The van der Waals surface area contributed by atoms with Crippen molar-refractivity contribution in [3.05, 3.63) is 70.8 Å². The predicted octanol–water partition coefficient (Wildman–Crippen LogP) is 2.15. The quantitative estimate of drug-likeness (QED) is 0.346. The standard InChI is InChI=1S/C28H30N4O6/c1-17(31-25(35)19-11-5-6-12-20(19)26(31)36)23(33)29-15-9-3-4-10-16-30-24(34)18(2)32-27(37)21-13-7-8-14-22(21)28(32)38/h5-8,11-14,17-18H,3-4,9-10,15-16H2,1-2H3,(H,29,33)(H,30,34)/t17-,18-/m0/s1. The molecule has 6 amide bonds. The lowest BCUT2D eigenvalue weighted by molar-refractivity contribution is -0.125. The first kappa shape index (κ1) is 26.7. The molecule has 2 aromatic carbocycles. The highest BCUT2D eigenvalue weighted by Gasteiger charge is 2.41. The maximum Gasteiger partial charge on any atom is 0.262 e. The van der Waals surface area contributed by atoms with Crippen LogP contribution in [-0.4, -0.2) is 70.4 Å². The van der Waals surface area contributed by atoms with Gasteiger partial charge in [0.05, 0.1) is 22.3 Å². The van der Waals surface area contributed by atoms with Gasteiger partial charge in [0.2, 0.25) is 11.8 Å². The molecule has 10 heteroatoms. The van der Waals surface area contributed by atoms with E-state index in [1.807, 2.05) is 0 Å². The van der Waals surface area contributed by atoms with Gasteiger partial charge in [-0.05, 0) is 51.0 Å². The van der Waals surface area contributed by atoms with Gasteiger partial charge in [0.25, 0.3) is 23.6 Å². The molecule has 2 aliphatic heterocycles. The Morgan fingerprint density at radius 2 is 0.868 bits per heavy atom. The van der Waals surface area contributed by atoms with Crippen molar-refractivity contribution in [3.63, 3.8) is 0 Å². The Labute approximate surface area is 220 Å². The number of carbonyl (C=O) groups excluding carboxylic acids is 6. The number of carbonyl (C=O) groups is 6. The molecule has 0 aromatic heterocycles. The molecule has 10 nitrogen and oxygen atoms in total. The summed E-state index contributed by atoms with van der Waals surface area (Å²) in [5.41, 5.74) is 1.23. The second-order valence-corrected chi connectivity index (χ2v) is 9.40. The van der Waals surface area contributed by atoms with Crippen molar-refractivity contribution < 1.29 is 28.8 Å². The third kappa shape index (κ3) is 5.06. The number of imide groups is 2. The average molecular weight is 519 g/mol. The molecule has 198 valence electrons. The smallest absolute Gasteiger partial charge is 0.262 e.